The molecule has 1 aromatic rings. The molecular weight excluding hydrogens is 196 g/mol. The number of hydrogen-bond donors (Lipinski definition) is 1. The fraction of sp³-hybridized carbons (Fsp3) is 0.571. The topological polar surface area (TPSA) is 29.3 Å². The standard InChI is InChI=1S/C14H24N2/c1-4-5-12(2)11-16(3)14-8-6-13(10-15)7-9-14/h6-9,12H,4-5,10-11,15H2,1-3H3. The predicted octanol–water partition coefficient (Wildman–Crippen LogP) is 3.02. The molecule has 0 aromatic heterocycles. The van der Waals surface area contributed by atoms with E-state index in [4.69, 9.17) is 5.73 Å². The highest BCUT2D eigenvalue weighted by atomic mass is 15.1. The van der Waals surface area contributed by atoms with Crippen molar-refractivity contribution in [3.05, 3.63) is 29.8 Å². The van der Waals surface area contributed by atoms with E-state index in [2.05, 4.69) is 50.1 Å². The van der Waals surface area contributed by atoms with Crippen LogP contribution in [-0.2, 0) is 6.54 Å². The second kappa shape index (κ2) is 6.54. The van der Waals surface area contributed by atoms with Crippen LogP contribution in [0.25, 0.3) is 0 Å². The zero-order valence-electron chi connectivity index (χ0n) is 10.7. The highest BCUT2D eigenvalue weighted by molar-refractivity contribution is 5.46. The Balaban J connectivity index is 2.55. The van der Waals surface area contributed by atoms with Gasteiger partial charge in [-0.3, -0.25) is 0 Å². The maximum atomic E-state index is 5.58. The smallest absolute Gasteiger partial charge is 0.0363 e. The summed E-state index contributed by atoms with van der Waals surface area (Å²) in [4.78, 5) is 2.32. The van der Waals surface area contributed by atoms with Gasteiger partial charge in [-0.25, -0.2) is 0 Å². The van der Waals surface area contributed by atoms with Crippen molar-refractivity contribution in [2.24, 2.45) is 11.7 Å². The van der Waals surface area contributed by atoms with Crippen molar-refractivity contribution < 1.29 is 0 Å². The molecule has 0 bridgehead atoms. The van der Waals surface area contributed by atoms with Crippen molar-refractivity contribution in [2.75, 3.05) is 18.5 Å². The Hall–Kier alpha value is -1.02. The van der Waals surface area contributed by atoms with Gasteiger partial charge in [0, 0.05) is 25.8 Å². The molecule has 2 N–H and O–H groups in total. The Morgan fingerprint density at radius 1 is 1.25 bits per heavy atom. The highest BCUT2D eigenvalue weighted by Crippen LogP contribution is 2.16. The number of hydrogen-bond acceptors (Lipinski definition) is 2. The summed E-state index contributed by atoms with van der Waals surface area (Å²) >= 11 is 0. The van der Waals surface area contributed by atoms with Crippen molar-refractivity contribution in [2.45, 2.75) is 33.2 Å². The molecule has 16 heavy (non-hydrogen) atoms. The number of benzene rings is 1. The molecule has 1 rings (SSSR count). The summed E-state index contributed by atoms with van der Waals surface area (Å²) in [6.07, 6.45) is 2.56. The van der Waals surface area contributed by atoms with E-state index in [1.54, 1.807) is 0 Å². The van der Waals surface area contributed by atoms with Crippen LogP contribution < -0.4 is 10.6 Å². The van der Waals surface area contributed by atoms with Gasteiger partial charge >= 0.3 is 0 Å². The molecule has 0 aliphatic carbocycles. The van der Waals surface area contributed by atoms with Crippen LogP contribution in [-0.4, -0.2) is 13.6 Å². The molecule has 1 atom stereocenters. The van der Waals surface area contributed by atoms with E-state index in [-0.39, 0.29) is 0 Å². The van der Waals surface area contributed by atoms with Gasteiger partial charge < -0.3 is 10.6 Å². The van der Waals surface area contributed by atoms with Crippen molar-refractivity contribution in [1.29, 1.82) is 0 Å². The molecule has 0 radical (unpaired) electrons. The van der Waals surface area contributed by atoms with Gasteiger partial charge in [0.15, 0.2) is 0 Å². The fourth-order valence-electron chi connectivity index (χ4n) is 2.04. The van der Waals surface area contributed by atoms with E-state index in [9.17, 15) is 0 Å². The largest absolute Gasteiger partial charge is 0.374 e. The molecule has 0 aliphatic heterocycles. The molecule has 2 nitrogen and oxygen atoms in total. The Labute approximate surface area is 99.5 Å². The first-order valence-electron chi connectivity index (χ1n) is 6.17. The SMILES string of the molecule is CCCC(C)CN(C)c1ccc(CN)cc1. The second-order valence-corrected chi connectivity index (χ2v) is 4.64. The predicted molar refractivity (Wildman–Crippen MR) is 71.7 cm³/mol. The molecule has 1 aromatic carbocycles. The van der Waals surface area contributed by atoms with Crippen LogP contribution in [0, 0.1) is 5.92 Å². The van der Waals surface area contributed by atoms with Crippen LogP contribution in [0.15, 0.2) is 24.3 Å². The lowest BCUT2D eigenvalue weighted by Crippen LogP contribution is -2.23. The quantitative estimate of drug-likeness (QED) is 0.798. The van der Waals surface area contributed by atoms with Crippen molar-refractivity contribution in [3.63, 3.8) is 0 Å². The van der Waals surface area contributed by atoms with Crippen LogP contribution in [0.4, 0.5) is 5.69 Å². The minimum Gasteiger partial charge on any atom is -0.374 e. The number of nitrogens with two attached hydrogens (primary N) is 1. The van der Waals surface area contributed by atoms with Gasteiger partial charge in [-0.2, -0.15) is 0 Å². The third-order valence-corrected chi connectivity index (χ3v) is 2.98. The van der Waals surface area contributed by atoms with Crippen molar-refractivity contribution in [1.82, 2.24) is 0 Å². The van der Waals surface area contributed by atoms with Gasteiger partial charge in [0.1, 0.15) is 0 Å². The maximum absolute atomic E-state index is 5.58. The molecule has 0 aliphatic rings. The first-order valence-corrected chi connectivity index (χ1v) is 6.17. The van der Waals surface area contributed by atoms with E-state index in [0.717, 1.165) is 12.5 Å². The molecule has 0 saturated carbocycles. The van der Waals surface area contributed by atoms with Crippen LogP contribution in [0.3, 0.4) is 0 Å². The van der Waals surface area contributed by atoms with Crippen LogP contribution in [0.2, 0.25) is 0 Å². The van der Waals surface area contributed by atoms with E-state index in [0.29, 0.717) is 6.54 Å². The van der Waals surface area contributed by atoms with E-state index in [1.807, 2.05) is 0 Å². The fourth-order valence-corrected chi connectivity index (χ4v) is 2.04. The third-order valence-electron chi connectivity index (χ3n) is 2.98. The Morgan fingerprint density at radius 2 is 1.88 bits per heavy atom. The Bertz CT molecular complexity index is 292. The summed E-state index contributed by atoms with van der Waals surface area (Å²) in [6.45, 7) is 6.30. The summed E-state index contributed by atoms with van der Waals surface area (Å²) in [7, 11) is 2.16. The summed E-state index contributed by atoms with van der Waals surface area (Å²) in [5.74, 6) is 0.754. The van der Waals surface area contributed by atoms with Gasteiger partial charge in [0.25, 0.3) is 0 Å². The van der Waals surface area contributed by atoms with Crippen LogP contribution >= 0.6 is 0 Å². The summed E-state index contributed by atoms with van der Waals surface area (Å²) < 4.78 is 0. The van der Waals surface area contributed by atoms with Crippen molar-refractivity contribution in [3.8, 4) is 0 Å². The molecule has 0 saturated heterocycles. The lowest BCUT2D eigenvalue weighted by atomic mass is 10.1. The Morgan fingerprint density at radius 3 is 2.38 bits per heavy atom. The van der Waals surface area contributed by atoms with Gasteiger partial charge in [0.2, 0.25) is 0 Å². The van der Waals surface area contributed by atoms with Gasteiger partial charge in [-0.1, -0.05) is 32.4 Å². The number of anilines is 1. The molecule has 90 valence electrons. The van der Waals surface area contributed by atoms with Gasteiger partial charge in [-0.05, 0) is 30.0 Å². The minimum absolute atomic E-state index is 0.621. The lowest BCUT2D eigenvalue weighted by molar-refractivity contribution is 0.524. The molecule has 0 spiro atoms. The van der Waals surface area contributed by atoms with Crippen LogP contribution in [0.5, 0.6) is 0 Å². The zero-order chi connectivity index (χ0) is 12.0. The average molecular weight is 220 g/mol. The molecule has 0 heterocycles. The first kappa shape index (κ1) is 13.0. The highest BCUT2D eigenvalue weighted by Gasteiger charge is 2.06. The number of rotatable bonds is 6. The van der Waals surface area contributed by atoms with E-state index in [1.165, 1.54) is 24.1 Å². The summed E-state index contributed by atoms with van der Waals surface area (Å²) in [5, 5.41) is 0. The van der Waals surface area contributed by atoms with E-state index >= 15 is 0 Å². The van der Waals surface area contributed by atoms with Crippen molar-refractivity contribution >= 4 is 5.69 Å². The molecule has 0 amide bonds. The molecule has 2 heteroatoms. The molecular formula is C14H24N2. The summed E-state index contributed by atoms with van der Waals surface area (Å²) in [5.41, 5.74) is 8.05. The molecule has 1 unspecified atom stereocenters. The van der Waals surface area contributed by atoms with Gasteiger partial charge in [0.05, 0.1) is 0 Å². The lowest BCUT2D eigenvalue weighted by Gasteiger charge is -2.23. The minimum atomic E-state index is 0.621. The van der Waals surface area contributed by atoms with Crippen LogP contribution in [0.1, 0.15) is 32.3 Å². The van der Waals surface area contributed by atoms with E-state index < -0.39 is 0 Å². The number of nitrogens with zero attached hydrogens (tertiary/aromatic N) is 1. The maximum Gasteiger partial charge on any atom is 0.0363 e. The zero-order valence-corrected chi connectivity index (χ0v) is 10.7. The second-order valence-electron chi connectivity index (χ2n) is 4.64. The Kier molecular flexibility index (Phi) is 5.33. The normalized spacial score (nSPS) is 12.5. The monoisotopic (exact) mass is 220 g/mol. The van der Waals surface area contributed by atoms with Gasteiger partial charge in [-0.15, -0.1) is 0 Å². The summed E-state index contributed by atoms with van der Waals surface area (Å²) in [6, 6.07) is 8.52. The molecule has 0 fully saturated rings. The third kappa shape index (κ3) is 3.86. The first-order chi connectivity index (χ1) is 7.67. The average Bonchev–Trinajstić information content (AvgIpc) is 2.29.